The Kier molecular flexibility index (Phi) is 4.79. The topological polar surface area (TPSA) is 83.6 Å². The number of furan rings is 1. The predicted molar refractivity (Wildman–Crippen MR) is 121 cm³/mol. The van der Waals surface area contributed by atoms with Gasteiger partial charge in [0.05, 0.1) is 11.6 Å². The zero-order valence-corrected chi connectivity index (χ0v) is 17.7. The van der Waals surface area contributed by atoms with E-state index in [0.29, 0.717) is 27.2 Å². The standard InChI is InChI=1S/C25H17ClN2O4/c1-14-5-2-3-7-18(14)28-22(15-6-4-10-27-13-15)21(24(30)25(28)31)23(29)20-12-16-11-17(26)8-9-19(16)32-20/h2-13,22,30H,1H3. The van der Waals surface area contributed by atoms with Crippen molar-refractivity contribution in [3.05, 3.63) is 106 Å². The number of pyridine rings is 1. The average Bonchev–Trinajstić information content (AvgIpc) is 3.33. The molecule has 1 N–H and O–H groups in total. The largest absolute Gasteiger partial charge is 0.503 e. The van der Waals surface area contributed by atoms with Gasteiger partial charge in [-0.05, 0) is 54.4 Å². The fourth-order valence-corrected chi connectivity index (χ4v) is 4.21. The number of anilines is 1. The lowest BCUT2D eigenvalue weighted by Crippen LogP contribution is -2.31. The number of aryl methyl sites for hydroxylation is 1. The van der Waals surface area contributed by atoms with Crippen LogP contribution in [0.4, 0.5) is 5.69 Å². The number of nitrogens with zero attached hydrogens (tertiary/aromatic N) is 2. The molecule has 1 amide bonds. The number of aliphatic hydroxyl groups is 1. The van der Waals surface area contributed by atoms with Gasteiger partial charge in [0.1, 0.15) is 5.58 Å². The lowest BCUT2D eigenvalue weighted by atomic mass is 9.95. The average molecular weight is 445 g/mol. The van der Waals surface area contributed by atoms with E-state index in [1.807, 2.05) is 19.1 Å². The summed E-state index contributed by atoms with van der Waals surface area (Å²) >= 11 is 6.05. The van der Waals surface area contributed by atoms with Crippen LogP contribution in [0.5, 0.6) is 0 Å². The first-order chi connectivity index (χ1) is 15.5. The zero-order valence-electron chi connectivity index (χ0n) is 16.9. The first kappa shape index (κ1) is 20.0. The molecular formula is C25H17ClN2O4. The van der Waals surface area contributed by atoms with Gasteiger partial charge in [0.2, 0.25) is 5.78 Å². The number of rotatable bonds is 4. The van der Waals surface area contributed by atoms with Gasteiger partial charge in [0.25, 0.3) is 5.91 Å². The summed E-state index contributed by atoms with van der Waals surface area (Å²) in [5.41, 5.74) is 2.44. The van der Waals surface area contributed by atoms with E-state index in [-0.39, 0.29) is 11.3 Å². The molecule has 0 bridgehead atoms. The van der Waals surface area contributed by atoms with Crippen molar-refractivity contribution in [3.8, 4) is 0 Å². The molecule has 7 heteroatoms. The summed E-state index contributed by atoms with van der Waals surface area (Å²) in [6.45, 7) is 1.86. The van der Waals surface area contributed by atoms with Crippen LogP contribution in [-0.2, 0) is 4.79 Å². The van der Waals surface area contributed by atoms with Crippen LogP contribution in [-0.4, -0.2) is 21.8 Å². The molecule has 2 aromatic heterocycles. The fourth-order valence-electron chi connectivity index (χ4n) is 4.03. The predicted octanol–water partition coefficient (Wildman–Crippen LogP) is 5.57. The zero-order chi connectivity index (χ0) is 22.4. The Balaban J connectivity index is 1.67. The van der Waals surface area contributed by atoms with E-state index in [1.165, 1.54) is 4.90 Å². The van der Waals surface area contributed by atoms with Crippen LogP contribution in [0, 0.1) is 6.92 Å². The van der Waals surface area contributed by atoms with Gasteiger partial charge in [-0.3, -0.25) is 19.5 Å². The van der Waals surface area contributed by atoms with Crippen LogP contribution < -0.4 is 4.90 Å². The molecule has 0 saturated heterocycles. The summed E-state index contributed by atoms with van der Waals surface area (Å²) in [7, 11) is 0. The first-order valence-corrected chi connectivity index (χ1v) is 10.3. The number of aromatic nitrogens is 1. The Labute approximate surface area is 188 Å². The molecule has 0 spiro atoms. The molecular weight excluding hydrogens is 428 g/mol. The molecule has 5 rings (SSSR count). The van der Waals surface area contributed by atoms with Crippen LogP contribution in [0.3, 0.4) is 0 Å². The summed E-state index contributed by atoms with van der Waals surface area (Å²) in [6.07, 6.45) is 3.18. The van der Waals surface area contributed by atoms with Gasteiger partial charge < -0.3 is 9.52 Å². The van der Waals surface area contributed by atoms with Crippen LogP contribution in [0.1, 0.15) is 27.7 Å². The third-order valence-electron chi connectivity index (χ3n) is 5.53. The van der Waals surface area contributed by atoms with Crippen molar-refractivity contribution >= 4 is 39.9 Å². The van der Waals surface area contributed by atoms with Gasteiger partial charge >= 0.3 is 0 Å². The Hall–Kier alpha value is -3.90. The number of Topliss-reactive ketones (excluding diaryl/α,β-unsaturated/α-hetero) is 1. The number of carbonyl (C=O) groups excluding carboxylic acids is 2. The Morgan fingerprint density at radius 3 is 2.69 bits per heavy atom. The van der Waals surface area contributed by atoms with E-state index >= 15 is 0 Å². The number of hydrogen-bond donors (Lipinski definition) is 1. The normalized spacial score (nSPS) is 16.2. The Morgan fingerprint density at radius 1 is 1.12 bits per heavy atom. The Morgan fingerprint density at radius 2 is 1.94 bits per heavy atom. The molecule has 1 aliphatic heterocycles. The van der Waals surface area contributed by atoms with E-state index in [4.69, 9.17) is 16.0 Å². The van der Waals surface area contributed by atoms with Crippen molar-refractivity contribution in [2.45, 2.75) is 13.0 Å². The summed E-state index contributed by atoms with van der Waals surface area (Å²) in [4.78, 5) is 32.3. The van der Waals surface area contributed by atoms with Crippen molar-refractivity contribution in [2.75, 3.05) is 4.90 Å². The number of aliphatic hydroxyl groups excluding tert-OH is 1. The van der Waals surface area contributed by atoms with Crippen LogP contribution in [0.25, 0.3) is 11.0 Å². The van der Waals surface area contributed by atoms with Gasteiger partial charge in [-0.25, -0.2) is 0 Å². The van der Waals surface area contributed by atoms with E-state index in [0.717, 1.165) is 5.56 Å². The maximum absolute atomic E-state index is 13.6. The first-order valence-electron chi connectivity index (χ1n) is 9.91. The molecule has 0 fully saturated rings. The Bertz CT molecular complexity index is 1410. The van der Waals surface area contributed by atoms with Gasteiger partial charge in [-0.15, -0.1) is 0 Å². The van der Waals surface area contributed by atoms with Gasteiger partial charge in [-0.1, -0.05) is 35.9 Å². The van der Waals surface area contributed by atoms with Crippen molar-refractivity contribution in [1.29, 1.82) is 0 Å². The number of fused-ring (bicyclic) bond motifs is 1. The van der Waals surface area contributed by atoms with Crippen molar-refractivity contribution < 1.29 is 19.1 Å². The molecule has 3 heterocycles. The molecule has 6 nitrogen and oxygen atoms in total. The highest BCUT2D eigenvalue weighted by molar-refractivity contribution is 6.31. The minimum atomic E-state index is -0.860. The quantitative estimate of drug-likeness (QED) is 0.416. The number of amides is 1. The minimum absolute atomic E-state index is 0.0112. The monoisotopic (exact) mass is 444 g/mol. The lowest BCUT2D eigenvalue weighted by molar-refractivity contribution is -0.117. The molecule has 32 heavy (non-hydrogen) atoms. The SMILES string of the molecule is Cc1ccccc1N1C(=O)C(O)=C(C(=O)c2cc3cc(Cl)ccc3o2)C1c1cccnc1. The van der Waals surface area contributed by atoms with Crippen molar-refractivity contribution in [3.63, 3.8) is 0 Å². The van der Waals surface area contributed by atoms with Gasteiger partial charge in [0, 0.05) is 28.5 Å². The maximum Gasteiger partial charge on any atom is 0.294 e. The van der Waals surface area contributed by atoms with Gasteiger partial charge in [-0.2, -0.15) is 0 Å². The van der Waals surface area contributed by atoms with Crippen LogP contribution in [0.2, 0.25) is 5.02 Å². The molecule has 0 saturated carbocycles. The van der Waals surface area contributed by atoms with E-state index in [2.05, 4.69) is 4.98 Å². The third kappa shape index (κ3) is 3.16. The minimum Gasteiger partial charge on any atom is -0.503 e. The summed E-state index contributed by atoms with van der Waals surface area (Å²) in [6, 6.07) is 16.5. The molecule has 4 aromatic rings. The van der Waals surface area contributed by atoms with E-state index in [1.54, 1.807) is 60.9 Å². The molecule has 0 aliphatic carbocycles. The highest BCUT2D eigenvalue weighted by Crippen LogP contribution is 2.43. The highest BCUT2D eigenvalue weighted by Gasteiger charge is 2.45. The number of para-hydroxylation sites is 1. The number of halogens is 1. The summed E-state index contributed by atoms with van der Waals surface area (Å²) in [5, 5.41) is 12.0. The number of hydrogen-bond acceptors (Lipinski definition) is 5. The number of benzene rings is 2. The van der Waals surface area contributed by atoms with Crippen molar-refractivity contribution in [2.24, 2.45) is 0 Å². The van der Waals surface area contributed by atoms with Crippen LogP contribution in [0.15, 0.2) is 88.8 Å². The summed E-state index contributed by atoms with van der Waals surface area (Å²) < 4.78 is 5.73. The molecule has 1 aliphatic rings. The molecule has 2 aromatic carbocycles. The fraction of sp³-hybridized carbons (Fsp3) is 0.0800. The lowest BCUT2D eigenvalue weighted by Gasteiger charge is -2.27. The van der Waals surface area contributed by atoms with Crippen LogP contribution >= 0.6 is 11.6 Å². The smallest absolute Gasteiger partial charge is 0.294 e. The van der Waals surface area contributed by atoms with Crippen molar-refractivity contribution in [1.82, 2.24) is 4.98 Å². The van der Waals surface area contributed by atoms with E-state index < -0.39 is 23.5 Å². The van der Waals surface area contributed by atoms with Gasteiger partial charge in [0.15, 0.2) is 11.5 Å². The summed E-state index contributed by atoms with van der Waals surface area (Å²) in [5.74, 6) is -1.83. The number of carbonyl (C=O) groups is 2. The second kappa shape index (κ2) is 7.66. The molecule has 158 valence electrons. The van der Waals surface area contributed by atoms with E-state index in [9.17, 15) is 14.7 Å². The molecule has 1 unspecified atom stereocenters. The number of ketones is 1. The second-order valence-electron chi connectivity index (χ2n) is 7.53. The maximum atomic E-state index is 13.6. The third-order valence-corrected chi connectivity index (χ3v) is 5.77. The molecule has 1 atom stereocenters. The highest BCUT2D eigenvalue weighted by atomic mass is 35.5. The molecule has 0 radical (unpaired) electrons. The second-order valence-corrected chi connectivity index (χ2v) is 7.97.